The first-order valence-corrected chi connectivity index (χ1v) is 7.17. The van der Waals surface area contributed by atoms with Crippen molar-refractivity contribution in [1.82, 2.24) is 4.90 Å². The summed E-state index contributed by atoms with van der Waals surface area (Å²) in [7, 11) is 1.73. The standard InChI is InChI=1S/C19H21NO/c1-21-17-20(16-19-13-6-3-7-14-19)15-9-8-12-18-10-4-2-5-11-18/h2-7,10-11,13-14H,9,15-17H2,1H3. The molecule has 2 rings (SSSR count). The third-order valence-electron chi connectivity index (χ3n) is 3.12. The van der Waals surface area contributed by atoms with Crippen LogP contribution in [0.25, 0.3) is 0 Å². The number of benzene rings is 2. The van der Waals surface area contributed by atoms with E-state index in [9.17, 15) is 0 Å². The molecule has 0 fully saturated rings. The smallest absolute Gasteiger partial charge is 0.0989 e. The summed E-state index contributed by atoms with van der Waals surface area (Å²) in [5.41, 5.74) is 2.37. The van der Waals surface area contributed by atoms with Crippen molar-refractivity contribution in [2.75, 3.05) is 20.4 Å². The van der Waals surface area contributed by atoms with Crippen molar-refractivity contribution in [1.29, 1.82) is 0 Å². The Labute approximate surface area is 127 Å². The molecule has 0 radical (unpaired) electrons. The predicted molar refractivity (Wildman–Crippen MR) is 86.7 cm³/mol. The van der Waals surface area contributed by atoms with Crippen LogP contribution in [0.15, 0.2) is 60.7 Å². The Morgan fingerprint density at radius 1 is 0.952 bits per heavy atom. The third-order valence-corrected chi connectivity index (χ3v) is 3.12. The van der Waals surface area contributed by atoms with Gasteiger partial charge < -0.3 is 4.74 Å². The maximum absolute atomic E-state index is 5.27. The van der Waals surface area contributed by atoms with Crippen LogP contribution in [0.2, 0.25) is 0 Å². The second kappa shape index (κ2) is 8.97. The number of nitrogens with zero attached hydrogens (tertiary/aromatic N) is 1. The molecule has 0 saturated carbocycles. The largest absolute Gasteiger partial charge is 0.369 e. The fraction of sp³-hybridized carbons (Fsp3) is 0.263. The van der Waals surface area contributed by atoms with Crippen LogP contribution in [0.4, 0.5) is 0 Å². The van der Waals surface area contributed by atoms with Gasteiger partial charge in [0, 0.05) is 32.2 Å². The molecule has 0 spiro atoms. The molecular weight excluding hydrogens is 258 g/mol. The van der Waals surface area contributed by atoms with Crippen molar-refractivity contribution in [2.45, 2.75) is 13.0 Å². The van der Waals surface area contributed by atoms with Gasteiger partial charge in [0.1, 0.15) is 0 Å². The molecule has 0 aliphatic heterocycles. The Bertz CT molecular complexity index is 569. The Morgan fingerprint density at radius 3 is 2.29 bits per heavy atom. The molecule has 0 heterocycles. The lowest BCUT2D eigenvalue weighted by molar-refractivity contribution is 0.0595. The Hall–Kier alpha value is -2.08. The van der Waals surface area contributed by atoms with Gasteiger partial charge in [-0.1, -0.05) is 60.4 Å². The molecule has 0 bridgehead atoms. The molecule has 2 heteroatoms. The van der Waals surface area contributed by atoms with E-state index < -0.39 is 0 Å². The van der Waals surface area contributed by atoms with E-state index in [4.69, 9.17) is 4.74 Å². The van der Waals surface area contributed by atoms with Gasteiger partial charge in [0.25, 0.3) is 0 Å². The minimum absolute atomic E-state index is 0.627. The SMILES string of the molecule is COCN(CCC#Cc1ccccc1)Cc1ccccc1. The van der Waals surface area contributed by atoms with Crippen LogP contribution in [0.3, 0.4) is 0 Å². The highest BCUT2D eigenvalue weighted by Crippen LogP contribution is 2.05. The van der Waals surface area contributed by atoms with Crippen LogP contribution in [-0.4, -0.2) is 25.3 Å². The molecule has 0 atom stereocenters. The fourth-order valence-electron chi connectivity index (χ4n) is 2.11. The van der Waals surface area contributed by atoms with E-state index in [1.165, 1.54) is 5.56 Å². The zero-order chi connectivity index (χ0) is 14.8. The molecule has 108 valence electrons. The van der Waals surface area contributed by atoms with Gasteiger partial charge in [-0.05, 0) is 17.7 Å². The predicted octanol–water partition coefficient (Wildman–Crippen LogP) is 3.53. The van der Waals surface area contributed by atoms with Crippen molar-refractivity contribution in [3.05, 3.63) is 71.8 Å². The first kappa shape index (κ1) is 15.3. The van der Waals surface area contributed by atoms with E-state index >= 15 is 0 Å². The summed E-state index contributed by atoms with van der Waals surface area (Å²) >= 11 is 0. The number of hydrogen-bond acceptors (Lipinski definition) is 2. The lowest BCUT2D eigenvalue weighted by Crippen LogP contribution is -2.26. The summed E-state index contributed by atoms with van der Waals surface area (Å²) < 4.78 is 5.27. The lowest BCUT2D eigenvalue weighted by atomic mass is 10.2. The summed E-state index contributed by atoms with van der Waals surface area (Å²) in [6.45, 7) is 2.42. The average molecular weight is 279 g/mol. The average Bonchev–Trinajstić information content (AvgIpc) is 2.54. The van der Waals surface area contributed by atoms with Gasteiger partial charge in [-0.2, -0.15) is 0 Å². The van der Waals surface area contributed by atoms with Crippen molar-refractivity contribution < 1.29 is 4.74 Å². The molecule has 0 amide bonds. The number of rotatable bonds is 6. The molecule has 21 heavy (non-hydrogen) atoms. The molecule has 2 nitrogen and oxygen atoms in total. The molecule has 0 N–H and O–H groups in total. The van der Waals surface area contributed by atoms with Gasteiger partial charge in [0.2, 0.25) is 0 Å². The quantitative estimate of drug-likeness (QED) is 0.592. The highest BCUT2D eigenvalue weighted by atomic mass is 16.5. The fourth-order valence-corrected chi connectivity index (χ4v) is 2.11. The maximum Gasteiger partial charge on any atom is 0.0989 e. The molecule has 0 aromatic heterocycles. The molecular formula is C19H21NO. The normalized spacial score (nSPS) is 10.2. The van der Waals surface area contributed by atoms with Crippen LogP contribution in [0, 0.1) is 11.8 Å². The highest BCUT2D eigenvalue weighted by Gasteiger charge is 2.04. The second-order valence-electron chi connectivity index (χ2n) is 4.87. The summed E-state index contributed by atoms with van der Waals surface area (Å²) in [6, 6.07) is 20.5. The molecule has 0 saturated heterocycles. The van der Waals surface area contributed by atoms with Crippen molar-refractivity contribution >= 4 is 0 Å². The molecule has 2 aromatic carbocycles. The monoisotopic (exact) mass is 279 g/mol. The molecule has 0 aliphatic rings. The first-order valence-electron chi connectivity index (χ1n) is 7.17. The summed E-state index contributed by atoms with van der Waals surface area (Å²) in [6.07, 6.45) is 0.838. The lowest BCUT2D eigenvalue weighted by Gasteiger charge is -2.20. The van der Waals surface area contributed by atoms with Gasteiger partial charge in [-0.25, -0.2) is 0 Å². The van der Waals surface area contributed by atoms with Crippen molar-refractivity contribution in [2.24, 2.45) is 0 Å². The van der Waals surface area contributed by atoms with Gasteiger partial charge in [0.05, 0.1) is 6.73 Å². The Kier molecular flexibility index (Phi) is 6.54. The van der Waals surface area contributed by atoms with Crippen LogP contribution in [0.5, 0.6) is 0 Å². The van der Waals surface area contributed by atoms with Crippen LogP contribution >= 0.6 is 0 Å². The zero-order valence-corrected chi connectivity index (χ0v) is 12.5. The maximum atomic E-state index is 5.27. The van der Waals surface area contributed by atoms with Crippen molar-refractivity contribution in [3.8, 4) is 11.8 Å². The molecule has 0 unspecified atom stereocenters. The van der Waals surface area contributed by atoms with E-state index in [0.717, 1.165) is 25.1 Å². The van der Waals surface area contributed by atoms with Crippen LogP contribution in [-0.2, 0) is 11.3 Å². The van der Waals surface area contributed by atoms with Gasteiger partial charge in [-0.3, -0.25) is 4.90 Å². The minimum atomic E-state index is 0.627. The first-order chi connectivity index (χ1) is 10.4. The minimum Gasteiger partial charge on any atom is -0.369 e. The van der Waals surface area contributed by atoms with E-state index in [0.29, 0.717) is 6.73 Å². The third kappa shape index (κ3) is 5.83. The Balaban J connectivity index is 1.84. The van der Waals surface area contributed by atoms with Gasteiger partial charge >= 0.3 is 0 Å². The molecule has 0 aliphatic carbocycles. The van der Waals surface area contributed by atoms with E-state index in [2.05, 4.69) is 41.0 Å². The van der Waals surface area contributed by atoms with Gasteiger partial charge in [0.15, 0.2) is 0 Å². The number of hydrogen-bond donors (Lipinski definition) is 0. The zero-order valence-electron chi connectivity index (χ0n) is 12.5. The second-order valence-corrected chi connectivity index (χ2v) is 4.87. The summed E-state index contributed by atoms with van der Waals surface area (Å²) in [5, 5.41) is 0. The van der Waals surface area contributed by atoms with E-state index in [-0.39, 0.29) is 0 Å². The molecule has 2 aromatic rings. The summed E-state index contributed by atoms with van der Waals surface area (Å²) in [4.78, 5) is 2.26. The van der Waals surface area contributed by atoms with E-state index in [1.807, 2.05) is 36.4 Å². The van der Waals surface area contributed by atoms with Gasteiger partial charge in [-0.15, -0.1) is 0 Å². The van der Waals surface area contributed by atoms with Crippen molar-refractivity contribution in [3.63, 3.8) is 0 Å². The topological polar surface area (TPSA) is 12.5 Å². The number of methoxy groups -OCH3 is 1. The van der Waals surface area contributed by atoms with E-state index in [1.54, 1.807) is 7.11 Å². The highest BCUT2D eigenvalue weighted by molar-refractivity contribution is 5.33. The van der Waals surface area contributed by atoms with Crippen LogP contribution in [0.1, 0.15) is 17.5 Å². The summed E-state index contributed by atoms with van der Waals surface area (Å²) in [5.74, 6) is 6.42. The Morgan fingerprint density at radius 2 is 1.62 bits per heavy atom. The van der Waals surface area contributed by atoms with Crippen LogP contribution < -0.4 is 0 Å². The number of ether oxygens (including phenoxy) is 1.